The Hall–Kier alpha value is -2.29. The molecule has 3 aromatic rings. The van der Waals surface area contributed by atoms with Gasteiger partial charge in [-0.3, -0.25) is 0 Å². The molecule has 154 valence electrons. The van der Waals surface area contributed by atoms with Gasteiger partial charge in [0.25, 0.3) is 10.0 Å². The SMILES string of the molecule is CCc1ccc(S(=O)(=O)N2CCn3cccc3C2c2cc(OC)ccc2OC)s1. The van der Waals surface area contributed by atoms with E-state index in [9.17, 15) is 8.42 Å². The smallest absolute Gasteiger partial charge is 0.253 e. The molecule has 4 rings (SSSR count). The van der Waals surface area contributed by atoms with Gasteiger partial charge in [0, 0.05) is 35.4 Å². The van der Waals surface area contributed by atoms with Crippen LogP contribution in [0.4, 0.5) is 0 Å². The quantitative estimate of drug-likeness (QED) is 0.592. The highest BCUT2D eigenvalue weighted by atomic mass is 32.2. The first-order valence-electron chi connectivity index (χ1n) is 9.47. The maximum absolute atomic E-state index is 13.6. The Balaban J connectivity index is 1.88. The van der Waals surface area contributed by atoms with E-state index < -0.39 is 16.1 Å². The van der Waals surface area contributed by atoms with Gasteiger partial charge in [-0.15, -0.1) is 11.3 Å². The van der Waals surface area contributed by atoms with Crippen LogP contribution >= 0.6 is 11.3 Å². The first-order chi connectivity index (χ1) is 14.0. The summed E-state index contributed by atoms with van der Waals surface area (Å²) >= 11 is 1.34. The lowest BCUT2D eigenvalue weighted by Gasteiger charge is -2.36. The number of aryl methyl sites for hydroxylation is 1. The van der Waals surface area contributed by atoms with Crippen LogP contribution in [0.2, 0.25) is 0 Å². The van der Waals surface area contributed by atoms with Gasteiger partial charge in [-0.1, -0.05) is 6.92 Å². The van der Waals surface area contributed by atoms with Crippen LogP contribution in [0.1, 0.15) is 29.1 Å². The molecule has 1 unspecified atom stereocenters. The van der Waals surface area contributed by atoms with Crippen molar-refractivity contribution in [1.29, 1.82) is 0 Å². The van der Waals surface area contributed by atoms with Crippen molar-refractivity contribution in [3.63, 3.8) is 0 Å². The standard InChI is InChI=1S/C21H24N2O4S2/c1-4-16-8-10-20(28-16)29(24,25)23-13-12-22-11-5-6-18(22)21(23)17-14-15(26-2)7-9-19(17)27-3/h5-11,14,21H,4,12-13H2,1-3H3. The van der Waals surface area contributed by atoms with E-state index >= 15 is 0 Å². The molecule has 0 bridgehead atoms. The van der Waals surface area contributed by atoms with Gasteiger partial charge in [-0.25, -0.2) is 8.42 Å². The van der Waals surface area contributed by atoms with Crippen LogP contribution in [0, 0.1) is 0 Å². The normalized spacial score (nSPS) is 17.1. The average Bonchev–Trinajstić information content (AvgIpc) is 3.42. The van der Waals surface area contributed by atoms with Crippen molar-refractivity contribution in [1.82, 2.24) is 8.87 Å². The summed E-state index contributed by atoms with van der Waals surface area (Å²) in [6.45, 7) is 3.02. The van der Waals surface area contributed by atoms with Gasteiger partial charge in [0.15, 0.2) is 0 Å². The van der Waals surface area contributed by atoms with Crippen molar-refractivity contribution >= 4 is 21.4 Å². The Morgan fingerprint density at radius 2 is 1.93 bits per heavy atom. The number of thiophene rings is 1. The predicted octanol–water partition coefficient (Wildman–Crippen LogP) is 3.92. The molecule has 8 heteroatoms. The van der Waals surface area contributed by atoms with E-state index in [1.165, 1.54) is 11.3 Å². The summed E-state index contributed by atoms with van der Waals surface area (Å²) in [6, 6.07) is 12.5. The number of methoxy groups -OCH3 is 2. The summed E-state index contributed by atoms with van der Waals surface area (Å²) in [5, 5.41) is 0. The van der Waals surface area contributed by atoms with Crippen molar-refractivity contribution < 1.29 is 17.9 Å². The van der Waals surface area contributed by atoms with Crippen LogP contribution in [-0.2, 0) is 23.0 Å². The summed E-state index contributed by atoms with van der Waals surface area (Å²) in [4.78, 5) is 1.06. The second kappa shape index (κ2) is 7.85. The lowest BCUT2D eigenvalue weighted by molar-refractivity contribution is 0.290. The minimum absolute atomic E-state index is 0.376. The zero-order chi connectivity index (χ0) is 20.6. The summed E-state index contributed by atoms with van der Waals surface area (Å²) in [6.07, 6.45) is 2.80. The van der Waals surface area contributed by atoms with Crippen LogP contribution in [0.3, 0.4) is 0 Å². The molecule has 0 amide bonds. The molecular formula is C21H24N2O4S2. The molecule has 0 fully saturated rings. The fourth-order valence-corrected chi connectivity index (χ4v) is 6.79. The number of hydrogen-bond donors (Lipinski definition) is 0. The van der Waals surface area contributed by atoms with Gasteiger partial charge in [0.1, 0.15) is 15.7 Å². The molecule has 3 heterocycles. The van der Waals surface area contributed by atoms with Gasteiger partial charge in [0.05, 0.1) is 20.3 Å². The van der Waals surface area contributed by atoms with E-state index in [-0.39, 0.29) is 0 Å². The van der Waals surface area contributed by atoms with E-state index in [4.69, 9.17) is 9.47 Å². The fraction of sp³-hybridized carbons (Fsp3) is 0.333. The van der Waals surface area contributed by atoms with E-state index in [1.807, 2.05) is 49.5 Å². The van der Waals surface area contributed by atoms with Gasteiger partial charge in [-0.05, 0) is 48.9 Å². The molecule has 1 aliphatic heterocycles. The van der Waals surface area contributed by atoms with Gasteiger partial charge < -0.3 is 14.0 Å². The maximum atomic E-state index is 13.6. The zero-order valence-electron chi connectivity index (χ0n) is 16.7. The minimum atomic E-state index is -3.67. The molecule has 2 aromatic heterocycles. The Bertz CT molecular complexity index is 1120. The van der Waals surface area contributed by atoms with Gasteiger partial charge >= 0.3 is 0 Å². The summed E-state index contributed by atoms with van der Waals surface area (Å²) < 4.78 is 42.3. The van der Waals surface area contributed by atoms with E-state index in [1.54, 1.807) is 24.6 Å². The topological polar surface area (TPSA) is 60.8 Å². The van der Waals surface area contributed by atoms with Crippen molar-refractivity contribution in [3.05, 3.63) is 64.8 Å². The van der Waals surface area contributed by atoms with Crippen LogP contribution in [0.15, 0.2) is 52.9 Å². The van der Waals surface area contributed by atoms with Crippen molar-refractivity contribution in [2.45, 2.75) is 30.1 Å². The highest BCUT2D eigenvalue weighted by Gasteiger charge is 2.39. The molecule has 29 heavy (non-hydrogen) atoms. The second-order valence-electron chi connectivity index (χ2n) is 6.83. The number of hydrogen-bond acceptors (Lipinski definition) is 5. The van der Waals surface area contributed by atoms with Gasteiger partial charge in [0.2, 0.25) is 0 Å². The Morgan fingerprint density at radius 3 is 2.62 bits per heavy atom. The number of rotatable bonds is 6. The highest BCUT2D eigenvalue weighted by Crippen LogP contribution is 2.42. The number of sulfonamides is 1. The van der Waals surface area contributed by atoms with E-state index in [2.05, 4.69) is 4.57 Å². The van der Waals surface area contributed by atoms with Gasteiger partial charge in [-0.2, -0.15) is 4.31 Å². The molecule has 0 saturated carbocycles. The molecule has 0 N–H and O–H groups in total. The molecule has 1 aromatic carbocycles. The monoisotopic (exact) mass is 432 g/mol. The Kier molecular flexibility index (Phi) is 5.42. The van der Waals surface area contributed by atoms with Crippen LogP contribution in [0.25, 0.3) is 0 Å². The summed E-state index contributed by atoms with van der Waals surface area (Å²) in [7, 11) is -0.477. The average molecular weight is 433 g/mol. The first kappa shape index (κ1) is 20.0. The molecule has 0 saturated heterocycles. The molecule has 0 aliphatic carbocycles. The van der Waals surface area contributed by atoms with E-state index in [0.717, 1.165) is 22.6 Å². The van der Waals surface area contributed by atoms with Crippen LogP contribution in [-0.4, -0.2) is 38.1 Å². The Labute approximate surface area is 175 Å². The lowest BCUT2D eigenvalue weighted by Crippen LogP contribution is -2.42. The first-order valence-corrected chi connectivity index (χ1v) is 11.7. The Morgan fingerprint density at radius 1 is 1.10 bits per heavy atom. The molecule has 6 nitrogen and oxygen atoms in total. The van der Waals surface area contributed by atoms with Crippen molar-refractivity contribution in [2.24, 2.45) is 0 Å². The minimum Gasteiger partial charge on any atom is -0.497 e. The van der Waals surface area contributed by atoms with Crippen LogP contribution in [0.5, 0.6) is 11.5 Å². The van der Waals surface area contributed by atoms with Crippen molar-refractivity contribution in [2.75, 3.05) is 20.8 Å². The number of aromatic nitrogens is 1. The zero-order valence-corrected chi connectivity index (χ0v) is 18.3. The second-order valence-corrected chi connectivity index (χ2v) is 10.1. The molecule has 1 aliphatic rings. The number of ether oxygens (including phenoxy) is 2. The maximum Gasteiger partial charge on any atom is 0.253 e. The molecule has 0 spiro atoms. The number of fused-ring (bicyclic) bond motifs is 1. The summed E-state index contributed by atoms with van der Waals surface area (Å²) in [5.74, 6) is 1.29. The molecular weight excluding hydrogens is 408 g/mol. The third-order valence-corrected chi connectivity index (χ3v) is 8.84. The number of nitrogens with zero attached hydrogens (tertiary/aromatic N) is 2. The predicted molar refractivity (Wildman–Crippen MR) is 113 cm³/mol. The van der Waals surface area contributed by atoms with E-state index in [0.29, 0.717) is 28.8 Å². The molecule has 0 radical (unpaired) electrons. The van der Waals surface area contributed by atoms with Crippen LogP contribution < -0.4 is 9.47 Å². The lowest BCUT2D eigenvalue weighted by atomic mass is 10.0. The summed E-state index contributed by atoms with van der Waals surface area (Å²) in [5.41, 5.74) is 1.68. The number of benzene rings is 1. The largest absolute Gasteiger partial charge is 0.497 e. The fourth-order valence-electron chi connectivity index (χ4n) is 3.79. The third kappa shape index (κ3) is 3.45. The molecule has 1 atom stereocenters. The highest BCUT2D eigenvalue weighted by molar-refractivity contribution is 7.91. The van der Waals surface area contributed by atoms with Crippen molar-refractivity contribution in [3.8, 4) is 11.5 Å². The third-order valence-electron chi connectivity index (χ3n) is 5.27.